The van der Waals surface area contributed by atoms with Crippen LogP contribution in [-0.4, -0.2) is 50.3 Å². The van der Waals surface area contributed by atoms with E-state index in [1.165, 1.54) is 5.56 Å². The molecule has 2 N–H and O–H groups in total. The van der Waals surface area contributed by atoms with Crippen molar-refractivity contribution in [3.05, 3.63) is 29.8 Å². The van der Waals surface area contributed by atoms with E-state index in [0.29, 0.717) is 19.6 Å². The topological polar surface area (TPSA) is 64.8 Å². The summed E-state index contributed by atoms with van der Waals surface area (Å²) in [5.74, 6) is 1.11. The Labute approximate surface area is 151 Å². The minimum atomic E-state index is -0.0460. The fraction of sp³-hybridized carbons (Fsp3) is 0.650. The molecule has 0 radical (unpaired) electrons. The Morgan fingerprint density at radius 2 is 2.16 bits per heavy atom. The molecule has 1 aliphatic carbocycles. The molecule has 5 nitrogen and oxygen atoms in total. The van der Waals surface area contributed by atoms with Gasteiger partial charge < -0.3 is 20.1 Å². The molecule has 2 rings (SSSR count). The summed E-state index contributed by atoms with van der Waals surface area (Å²) in [6, 6.07) is 8.12. The van der Waals surface area contributed by atoms with Crippen LogP contribution in [0.4, 0.5) is 0 Å². The highest BCUT2D eigenvalue weighted by Crippen LogP contribution is 2.26. The highest BCUT2D eigenvalue weighted by atomic mass is 16.5. The summed E-state index contributed by atoms with van der Waals surface area (Å²) in [6.07, 6.45) is 4.33. The van der Waals surface area contributed by atoms with Crippen molar-refractivity contribution < 1.29 is 14.3 Å². The lowest BCUT2D eigenvalue weighted by Crippen LogP contribution is -2.46. The summed E-state index contributed by atoms with van der Waals surface area (Å²) < 4.78 is 11.2. The zero-order chi connectivity index (χ0) is 18.2. The first-order valence-electron chi connectivity index (χ1n) is 9.30. The largest absolute Gasteiger partial charge is 0.494 e. The standard InChI is InChI=1S/C20H32N2O3/c1-4-15-7-5-8-17(13-15)25-12-6-11-22(2)20(23)16-9-10-19(24-3)18(21)14-16/h5,7-8,13,16,18-19H,4,6,9-12,14,21H2,1-3H3/t16-,18+,19+/m0/s1. The summed E-state index contributed by atoms with van der Waals surface area (Å²) in [5.41, 5.74) is 7.38. The zero-order valence-corrected chi connectivity index (χ0v) is 15.7. The number of ether oxygens (including phenoxy) is 2. The van der Waals surface area contributed by atoms with Crippen LogP contribution in [0.3, 0.4) is 0 Å². The van der Waals surface area contributed by atoms with Crippen molar-refractivity contribution in [2.24, 2.45) is 11.7 Å². The van der Waals surface area contributed by atoms with Gasteiger partial charge >= 0.3 is 0 Å². The minimum Gasteiger partial charge on any atom is -0.494 e. The SMILES string of the molecule is CCc1cccc(OCCCN(C)C(=O)[C@H]2CC[C@@H](OC)[C@H](N)C2)c1. The molecule has 25 heavy (non-hydrogen) atoms. The number of nitrogens with zero attached hydrogens (tertiary/aromatic N) is 1. The molecular formula is C20H32N2O3. The average molecular weight is 348 g/mol. The van der Waals surface area contributed by atoms with Gasteiger partial charge in [0, 0.05) is 32.7 Å². The third-order valence-corrected chi connectivity index (χ3v) is 5.08. The molecule has 0 saturated heterocycles. The van der Waals surface area contributed by atoms with Crippen molar-refractivity contribution in [3.63, 3.8) is 0 Å². The smallest absolute Gasteiger partial charge is 0.225 e. The van der Waals surface area contributed by atoms with Crippen molar-refractivity contribution in [1.82, 2.24) is 4.90 Å². The molecule has 0 bridgehead atoms. The number of carbonyl (C=O) groups excluding carboxylic acids is 1. The second kappa shape index (κ2) is 9.78. The number of benzene rings is 1. The fourth-order valence-corrected chi connectivity index (χ4v) is 3.46. The van der Waals surface area contributed by atoms with Gasteiger partial charge in [0.2, 0.25) is 5.91 Å². The van der Waals surface area contributed by atoms with Crippen LogP contribution >= 0.6 is 0 Å². The van der Waals surface area contributed by atoms with Gasteiger partial charge in [-0.25, -0.2) is 0 Å². The second-order valence-electron chi connectivity index (χ2n) is 6.91. The van der Waals surface area contributed by atoms with Crippen molar-refractivity contribution in [3.8, 4) is 5.75 Å². The lowest BCUT2D eigenvalue weighted by Gasteiger charge is -2.34. The average Bonchev–Trinajstić information content (AvgIpc) is 2.64. The Bertz CT molecular complexity index is 549. The molecule has 0 spiro atoms. The summed E-state index contributed by atoms with van der Waals surface area (Å²) >= 11 is 0. The van der Waals surface area contributed by atoms with E-state index in [-0.39, 0.29) is 24.0 Å². The summed E-state index contributed by atoms with van der Waals surface area (Å²) in [4.78, 5) is 14.4. The molecule has 3 atom stereocenters. The van der Waals surface area contributed by atoms with Gasteiger partial charge in [-0.1, -0.05) is 19.1 Å². The minimum absolute atomic E-state index is 0.0218. The van der Waals surface area contributed by atoms with Gasteiger partial charge in [0.15, 0.2) is 0 Å². The monoisotopic (exact) mass is 348 g/mol. The number of hydrogen-bond acceptors (Lipinski definition) is 4. The van der Waals surface area contributed by atoms with E-state index >= 15 is 0 Å². The number of carbonyl (C=O) groups is 1. The molecule has 1 aromatic carbocycles. The Morgan fingerprint density at radius 3 is 2.84 bits per heavy atom. The van der Waals surface area contributed by atoms with Crippen molar-refractivity contribution >= 4 is 5.91 Å². The number of aryl methyl sites for hydroxylation is 1. The van der Waals surface area contributed by atoms with E-state index in [1.54, 1.807) is 7.11 Å². The summed E-state index contributed by atoms with van der Waals surface area (Å²) in [6.45, 7) is 3.44. The maximum absolute atomic E-state index is 12.6. The summed E-state index contributed by atoms with van der Waals surface area (Å²) in [5, 5.41) is 0. The van der Waals surface area contributed by atoms with Gasteiger partial charge in [0.05, 0.1) is 12.7 Å². The molecule has 1 aliphatic rings. The maximum Gasteiger partial charge on any atom is 0.225 e. The first-order chi connectivity index (χ1) is 12.0. The van der Waals surface area contributed by atoms with E-state index in [2.05, 4.69) is 19.1 Å². The zero-order valence-electron chi connectivity index (χ0n) is 15.7. The predicted octanol–water partition coefficient (Wildman–Crippen LogP) is 2.62. The van der Waals surface area contributed by atoms with Gasteiger partial charge in [-0.15, -0.1) is 0 Å². The van der Waals surface area contributed by atoms with Gasteiger partial charge in [0.1, 0.15) is 5.75 Å². The van der Waals surface area contributed by atoms with Gasteiger partial charge in [-0.3, -0.25) is 4.79 Å². The molecule has 0 aliphatic heterocycles. The Morgan fingerprint density at radius 1 is 1.36 bits per heavy atom. The van der Waals surface area contributed by atoms with Crippen LogP contribution in [0.1, 0.15) is 38.2 Å². The molecule has 1 amide bonds. The normalized spacial score (nSPS) is 23.3. The van der Waals surface area contributed by atoms with Gasteiger partial charge in [0.25, 0.3) is 0 Å². The third-order valence-electron chi connectivity index (χ3n) is 5.08. The van der Waals surface area contributed by atoms with Crippen LogP contribution in [0.25, 0.3) is 0 Å². The first kappa shape index (κ1) is 19.7. The first-order valence-corrected chi connectivity index (χ1v) is 9.30. The van der Waals surface area contributed by atoms with E-state index in [4.69, 9.17) is 15.2 Å². The van der Waals surface area contributed by atoms with E-state index in [0.717, 1.165) is 31.4 Å². The molecule has 1 aromatic rings. The number of amides is 1. The van der Waals surface area contributed by atoms with Crippen molar-refractivity contribution in [2.75, 3.05) is 27.3 Å². The van der Waals surface area contributed by atoms with Crippen LogP contribution in [0.2, 0.25) is 0 Å². The third kappa shape index (κ3) is 5.72. The molecule has 1 saturated carbocycles. The lowest BCUT2D eigenvalue weighted by molar-refractivity contribution is -0.136. The molecule has 5 heteroatoms. The van der Waals surface area contributed by atoms with Gasteiger partial charge in [-0.2, -0.15) is 0 Å². The molecule has 140 valence electrons. The fourth-order valence-electron chi connectivity index (χ4n) is 3.46. The van der Waals surface area contributed by atoms with Crippen molar-refractivity contribution in [2.45, 2.75) is 51.2 Å². The highest BCUT2D eigenvalue weighted by Gasteiger charge is 2.33. The van der Waals surface area contributed by atoms with Crippen LogP contribution in [-0.2, 0) is 16.0 Å². The van der Waals surface area contributed by atoms with Crippen LogP contribution in [0.5, 0.6) is 5.75 Å². The highest BCUT2D eigenvalue weighted by molar-refractivity contribution is 5.78. The number of rotatable bonds is 8. The van der Waals surface area contributed by atoms with Crippen LogP contribution < -0.4 is 10.5 Å². The number of nitrogens with two attached hydrogens (primary N) is 1. The van der Waals surface area contributed by atoms with E-state index in [9.17, 15) is 4.79 Å². The number of methoxy groups -OCH3 is 1. The number of hydrogen-bond donors (Lipinski definition) is 1. The molecule has 1 fully saturated rings. The molecule has 0 heterocycles. The molecule has 0 unspecified atom stereocenters. The quantitative estimate of drug-likeness (QED) is 0.734. The van der Waals surface area contributed by atoms with Crippen LogP contribution in [0, 0.1) is 5.92 Å². The molecular weight excluding hydrogens is 316 g/mol. The van der Waals surface area contributed by atoms with Crippen LogP contribution in [0.15, 0.2) is 24.3 Å². The maximum atomic E-state index is 12.6. The Hall–Kier alpha value is -1.59. The van der Waals surface area contributed by atoms with E-state index < -0.39 is 0 Å². The van der Waals surface area contributed by atoms with E-state index in [1.807, 2.05) is 24.1 Å². The van der Waals surface area contributed by atoms with Crippen molar-refractivity contribution in [1.29, 1.82) is 0 Å². The second-order valence-corrected chi connectivity index (χ2v) is 6.91. The Balaban J connectivity index is 1.71. The summed E-state index contributed by atoms with van der Waals surface area (Å²) in [7, 11) is 3.56. The lowest BCUT2D eigenvalue weighted by atomic mass is 9.83. The van der Waals surface area contributed by atoms with Gasteiger partial charge in [-0.05, 0) is 49.8 Å². The Kier molecular flexibility index (Phi) is 7.72. The molecule has 0 aromatic heterocycles. The predicted molar refractivity (Wildman–Crippen MR) is 99.7 cm³/mol.